The number of likely N-dealkylation sites (N-methyl/N-ethyl adjacent to an activating group) is 1. The summed E-state index contributed by atoms with van der Waals surface area (Å²) in [7, 11) is 0. The fourth-order valence-corrected chi connectivity index (χ4v) is 3.18. The molecule has 1 aliphatic heterocycles. The molecule has 2 aromatic rings. The number of rotatable bonds is 5. The molecule has 110 valence electrons. The summed E-state index contributed by atoms with van der Waals surface area (Å²) < 4.78 is 5.79. The first-order chi connectivity index (χ1) is 10.4. The van der Waals surface area contributed by atoms with Crippen LogP contribution in [0.5, 0.6) is 5.75 Å². The Bertz CT molecular complexity index is 570. The maximum absolute atomic E-state index is 5.79. The summed E-state index contributed by atoms with van der Waals surface area (Å²) in [5.74, 6) is 1.55. The summed E-state index contributed by atoms with van der Waals surface area (Å²) in [6.45, 7) is 3.96. The number of nitrogens with zero attached hydrogens (tertiary/aromatic N) is 1. The lowest BCUT2D eigenvalue weighted by atomic mass is 9.83. The van der Waals surface area contributed by atoms with Gasteiger partial charge in [-0.15, -0.1) is 0 Å². The third-order valence-corrected chi connectivity index (χ3v) is 4.16. The van der Waals surface area contributed by atoms with Gasteiger partial charge in [-0.2, -0.15) is 0 Å². The second-order valence-corrected chi connectivity index (χ2v) is 5.51. The van der Waals surface area contributed by atoms with E-state index in [9.17, 15) is 0 Å². The molecule has 1 aromatic heterocycles. The van der Waals surface area contributed by atoms with Gasteiger partial charge in [0.15, 0.2) is 0 Å². The van der Waals surface area contributed by atoms with E-state index < -0.39 is 0 Å². The first-order valence-corrected chi connectivity index (χ1v) is 7.72. The molecule has 1 N–H and O–H groups in total. The molecule has 0 fully saturated rings. The standard InChI is InChI=1S/C18H22N2O/c1-2-20-17(13-14-7-10-19-11-8-14)15-9-12-21-18-6-4-3-5-16(15)18/h3-8,10-11,15,17,20H,2,9,12-13H2,1H3. The largest absolute Gasteiger partial charge is 0.493 e. The first-order valence-electron chi connectivity index (χ1n) is 7.72. The monoisotopic (exact) mass is 282 g/mol. The van der Waals surface area contributed by atoms with Crippen LogP contribution in [0.4, 0.5) is 0 Å². The zero-order valence-corrected chi connectivity index (χ0v) is 12.5. The fourth-order valence-electron chi connectivity index (χ4n) is 3.18. The van der Waals surface area contributed by atoms with Gasteiger partial charge in [0.25, 0.3) is 0 Å². The molecule has 0 aliphatic carbocycles. The normalized spacial score (nSPS) is 18.6. The maximum Gasteiger partial charge on any atom is 0.122 e. The predicted molar refractivity (Wildman–Crippen MR) is 84.7 cm³/mol. The van der Waals surface area contributed by atoms with Crippen molar-refractivity contribution in [1.82, 2.24) is 10.3 Å². The number of pyridine rings is 1. The quantitative estimate of drug-likeness (QED) is 0.914. The lowest BCUT2D eigenvalue weighted by molar-refractivity contribution is 0.245. The highest BCUT2D eigenvalue weighted by Gasteiger charge is 2.28. The number of hydrogen-bond donors (Lipinski definition) is 1. The molecule has 2 atom stereocenters. The minimum atomic E-state index is 0.433. The van der Waals surface area contributed by atoms with Gasteiger partial charge >= 0.3 is 0 Å². The molecule has 0 radical (unpaired) electrons. The molecule has 0 bridgehead atoms. The fraction of sp³-hybridized carbons (Fsp3) is 0.389. The van der Waals surface area contributed by atoms with Gasteiger partial charge in [-0.1, -0.05) is 25.1 Å². The number of aromatic nitrogens is 1. The third-order valence-electron chi connectivity index (χ3n) is 4.16. The van der Waals surface area contributed by atoms with Crippen LogP contribution in [0.3, 0.4) is 0 Å². The van der Waals surface area contributed by atoms with Crippen molar-refractivity contribution < 1.29 is 4.74 Å². The van der Waals surface area contributed by atoms with Gasteiger partial charge in [0.1, 0.15) is 5.75 Å². The Balaban J connectivity index is 1.84. The van der Waals surface area contributed by atoms with Crippen molar-refractivity contribution in [3.05, 3.63) is 59.9 Å². The molecule has 21 heavy (non-hydrogen) atoms. The van der Waals surface area contributed by atoms with Gasteiger partial charge in [-0.05, 0) is 48.7 Å². The minimum Gasteiger partial charge on any atom is -0.493 e. The van der Waals surface area contributed by atoms with E-state index in [4.69, 9.17) is 4.74 Å². The summed E-state index contributed by atoms with van der Waals surface area (Å²) >= 11 is 0. The van der Waals surface area contributed by atoms with E-state index in [1.165, 1.54) is 11.1 Å². The Morgan fingerprint density at radius 1 is 1.24 bits per heavy atom. The van der Waals surface area contributed by atoms with E-state index in [0.717, 1.165) is 31.7 Å². The van der Waals surface area contributed by atoms with E-state index in [2.05, 4.69) is 47.6 Å². The zero-order chi connectivity index (χ0) is 14.5. The summed E-state index contributed by atoms with van der Waals surface area (Å²) in [6.07, 6.45) is 5.83. The SMILES string of the molecule is CCNC(Cc1ccncc1)C1CCOc2ccccc21. The second kappa shape index (κ2) is 6.72. The second-order valence-electron chi connectivity index (χ2n) is 5.51. The summed E-state index contributed by atoms with van der Waals surface area (Å²) in [6, 6.07) is 13.1. The van der Waals surface area contributed by atoms with Crippen molar-refractivity contribution in [3.8, 4) is 5.75 Å². The molecule has 0 saturated heterocycles. The summed E-state index contributed by atoms with van der Waals surface area (Å²) in [5.41, 5.74) is 2.67. The zero-order valence-electron chi connectivity index (χ0n) is 12.5. The molecular weight excluding hydrogens is 260 g/mol. The van der Waals surface area contributed by atoms with Crippen LogP contribution in [0.15, 0.2) is 48.8 Å². The van der Waals surface area contributed by atoms with Crippen LogP contribution in [-0.2, 0) is 6.42 Å². The van der Waals surface area contributed by atoms with Gasteiger partial charge in [-0.3, -0.25) is 4.98 Å². The van der Waals surface area contributed by atoms with Crippen molar-refractivity contribution in [3.63, 3.8) is 0 Å². The molecule has 0 amide bonds. The molecule has 2 unspecified atom stereocenters. The Morgan fingerprint density at radius 3 is 2.86 bits per heavy atom. The molecule has 3 rings (SSSR count). The van der Waals surface area contributed by atoms with Gasteiger partial charge in [0.2, 0.25) is 0 Å². The molecule has 1 aromatic carbocycles. The van der Waals surface area contributed by atoms with E-state index in [0.29, 0.717) is 12.0 Å². The number of para-hydroxylation sites is 1. The molecule has 0 saturated carbocycles. The van der Waals surface area contributed by atoms with Crippen LogP contribution < -0.4 is 10.1 Å². The highest BCUT2D eigenvalue weighted by Crippen LogP contribution is 2.36. The van der Waals surface area contributed by atoms with Gasteiger partial charge in [-0.25, -0.2) is 0 Å². The van der Waals surface area contributed by atoms with E-state index in [1.54, 1.807) is 0 Å². The van der Waals surface area contributed by atoms with Crippen molar-refractivity contribution in [2.45, 2.75) is 31.7 Å². The summed E-state index contributed by atoms with van der Waals surface area (Å²) in [5, 5.41) is 3.67. The Hall–Kier alpha value is -1.87. The third kappa shape index (κ3) is 3.24. The van der Waals surface area contributed by atoms with E-state index >= 15 is 0 Å². The van der Waals surface area contributed by atoms with Crippen LogP contribution in [0.2, 0.25) is 0 Å². The molecule has 0 spiro atoms. The van der Waals surface area contributed by atoms with Crippen LogP contribution >= 0.6 is 0 Å². The Kier molecular flexibility index (Phi) is 4.51. The highest BCUT2D eigenvalue weighted by atomic mass is 16.5. The van der Waals surface area contributed by atoms with E-state index in [1.807, 2.05) is 18.5 Å². The predicted octanol–water partition coefficient (Wildman–Crippen LogP) is 3.17. The van der Waals surface area contributed by atoms with Crippen molar-refractivity contribution >= 4 is 0 Å². The van der Waals surface area contributed by atoms with Gasteiger partial charge in [0.05, 0.1) is 6.61 Å². The van der Waals surface area contributed by atoms with Crippen LogP contribution in [-0.4, -0.2) is 24.2 Å². The van der Waals surface area contributed by atoms with Crippen molar-refractivity contribution in [2.24, 2.45) is 0 Å². The first kappa shape index (κ1) is 14.1. The number of nitrogens with one attached hydrogen (secondary N) is 1. The molecule has 3 nitrogen and oxygen atoms in total. The average molecular weight is 282 g/mol. The Labute approximate surface area is 126 Å². The topological polar surface area (TPSA) is 34.2 Å². The smallest absolute Gasteiger partial charge is 0.122 e. The number of benzene rings is 1. The van der Waals surface area contributed by atoms with Crippen molar-refractivity contribution in [1.29, 1.82) is 0 Å². The number of fused-ring (bicyclic) bond motifs is 1. The van der Waals surface area contributed by atoms with Crippen molar-refractivity contribution in [2.75, 3.05) is 13.2 Å². The van der Waals surface area contributed by atoms with Crippen LogP contribution in [0, 0.1) is 0 Å². The van der Waals surface area contributed by atoms with Gasteiger partial charge < -0.3 is 10.1 Å². The molecule has 3 heteroatoms. The Morgan fingerprint density at radius 2 is 2.05 bits per heavy atom. The summed E-state index contributed by atoms with van der Waals surface area (Å²) in [4.78, 5) is 4.11. The van der Waals surface area contributed by atoms with Crippen LogP contribution in [0.25, 0.3) is 0 Å². The average Bonchev–Trinajstić information content (AvgIpc) is 2.55. The van der Waals surface area contributed by atoms with Crippen LogP contribution in [0.1, 0.15) is 30.4 Å². The van der Waals surface area contributed by atoms with E-state index in [-0.39, 0.29) is 0 Å². The van der Waals surface area contributed by atoms with Gasteiger partial charge in [0, 0.05) is 24.4 Å². The lowest BCUT2D eigenvalue weighted by Crippen LogP contribution is -2.38. The molecule has 2 heterocycles. The number of hydrogen-bond acceptors (Lipinski definition) is 3. The maximum atomic E-state index is 5.79. The lowest BCUT2D eigenvalue weighted by Gasteiger charge is -2.33. The number of ether oxygens (including phenoxy) is 1. The molecule has 1 aliphatic rings. The molecular formula is C18H22N2O. The minimum absolute atomic E-state index is 0.433. The highest BCUT2D eigenvalue weighted by molar-refractivity contribution is 5.39.